The molecule has 0 nitrogen and oxygen atoms in total. The van der Waals surface area contributed by atoms with Gasteiger partial charge in [-0.1, -0.05) is 73.3 Å². The molecule has 0 saturated carbocycles. The number of allylic oxidation sites excluding steroid dienone is 2. The molecule has 1 heteroatoms. The Bertz CT molecular complexity index is 919. The molecule has 3 aromatic rings. The molecule has 0 spiro atoms. The minimum absolute atomic E-state index is 0.223. The summed E-state index contributed by atoms with van der Waals surface area (Å²) in [6.07, 6.45) is 0. The lowest BCUT2D eigenvalue weighted by Gasteiger charge is -2.10. The van der Waals surface area contributed by atoms with E-state index in [1.54, 1.807) is 6.07 Å². The first-order valence-corrected chi connectivity index (χ1v) is 7.60. The van der Waals surface area contributed by atoms with Crippen molar-refractivity contribution in [3.63, 3.8) is 0 Å². The van der Waals surface area contributed by atoms with Gasteiger partial charge in [-0.25, -0.2) is 4.39 Å². The first-order valence-electron chi connectivity index (χ1n) is 7.60. The lowest BCUT2D eigenvalue weighted by molar-refractivity contribution is 0.627. The number of fused-ring (bicyclic) bond motifs is 1. The third-order valence-corrected chi connectivity index (χ3v) is 4.25. The van der Waals surface area contributed by atoms with Gasteiger partial charge in [0.2, 0.25) is 0 Å². The Morgan fingerprint density at radius 2 is 1.17 bits per heavy atom. The molecule has 1 aliphatic carbocycles. The Hall–Kier alpha value is -2.93. The molecule has 0 amide bonds. The highest BCUT2D eigenvalue weighted by molar-refractivity contribution is 6.23. The summed E-state index contributed by atoms with van der Waals surface area (Å²) in [4.78, 5) is 0. The minimum Gasteiger partial charge on any atom is -0.207 e. The van der Waals surface area contributed by atoms with Crippen LogP contribution < -0.4 is 0 Å². The van der Waals surface area contributed by atoms with E-state index in [1.807, 2.05) is 42.5 Å². The standard InChI is InChI=1S/C22H15F/c1-15-19-13-12-18(23)14-20(19)22(17-10-6-3-7-11-17)21(15)16-8-4-2-5-9-16/h2-14H,1H2. The van der Waals surface area contributed by atoms with Crippen LogP contribution >= 0.6 is 0 Å². The zero-order valence-electron chi connectivity index (χ0n) is 12.6. The van der Waals surface area contributed by atoms with E-state index in [2.05, 4.69) is 30.8 Å². The van der Waals surface area contributed by atoms with E-state index in [0.717, 1.165) is 39.0 Å². The van der Waals surface area contributed by atoms with E-state index >= 15 is 0 Å². The lowest BCUT2D eigenvalue weighted by atomic mass is 9.93. The first kappa shape index (κ1) is 13.7. The maximum atomic E-state index is 13.9. The van der Waals surface area contributed by atoms with Gasteiger partial charge in [-0.15, -0.1) is 0 Å². The highest BCUT2D eigenvalue weighted by atomic mass is 19.1. The van der Waals surface area contributed by atoms with Crippen molar-refractivity contribution >= 4 is 16.7 Å². The van der Waals surface area contributed by atoms with Gasteiger partial charge in [0, 0.05) is 0 Å². The van der Waals surface area contributed by atoms with Crippen molar-refractivity contribution in [3.8, 4) is 0 Å². The molecule has 3 aromatic carbocycles. The smallest absolute Gasteiger partial charge is 0.123 e. The van der Waals surface area contributed by atoms with Crippen molar-refractivity contribution in [2.24, 2.45) is 0 Å². The molecule has 0 bridgehead atoms. The molecular weight excluding hydrogens is 283 g/mol. The number of benzene rings is 3. The summed E-state index contributed by atoms with van der Waals surface area (Å²) in [5, 5.41) is 0. The Labute approximate surface area is 135 Å². The zero-order valence-corrected chi connectivity index (χ0v) is 12.6. The second-order valence-electron chi connectivity index (χ2n) is 5.65. The first-order chi connectivity index (χ1) is 11.3. The number of hydrogen-bond acceptors (Lipinski definition) is 0. The van der Waals surface area contributed by atoms with Crippen LogP contribution in [0, 0.1) is 5.82 Å². The maximum absolute atomic E-state index is 13.9. The van der Waals surface area contributed by atoms with Gasteiger partial charge in [0.1, 0.15) is 5.82 Å². The monoisotopic (exact) mass is 298 g/mol. The van der Waals surface area contributed by atoms with Crippen LogP contribution in [0.15, 0.2) is 85.4 Å². The summed E-state index contributed by atoms with van der Waals surface area (Å²) in [5.41, 5.74) is 7.19. The molecule has 0 saturated heterocycles. The van der Waals surface area contributed by atoms with E-state index in [0.29, 0.717) is 0 Å². The summed E-state index contributed by atoms with van der Waals surface area (Å²) >= 11 is 0. The third kappa shape index (κ3) is 2.22. The molecule has 1 aliphatic rings. The van der Waals surface area contributed by atoms with Gasteiger partial charge < -0.3 is 0 Å². The molecule has 0 heterocycles. The highest BCUT2D eigenvalue weighted by Gasteiger charge is 2.27. The Kier molecular flexibility index (Phi) is 3.20. The largest absolute Gasteiger partial charge is 0.207 e. The van der Waals surface area contributed by atoms with E-state index in [-0.39, 0.29) is 5.82 Å². The van der Waals surface area contributed by atoms with E-state index in [1.165, 1.54) is 6.07 Å². The molecule has 110 valence electrons. The van der Waals surface area contributed by atoms with Crippen molar-refractivity contribution in [1.82, 2.24) is 0 Å². The number of hydrogen-bond donors (Lipinski definition) is 0. The lowest BCUT2D eigenvalue weighted by Crippen LogP contribution is -1.89. The van der Waals surface area contributed by atoms with Crippen LogP contribution in [-0.2, 0) is 0 Å². The minimum atomic E-state index is -0.223. The van der Waals surface area contributed by atoms with Crippen LogP contribution in [-0.4, -0.2) is 0 Å². The highest BCUT2D eigenvalue weighted by Crippen LogP contribution is 2.48. The van der Waals surface area contributed by atoms with Gasteiger partial charge in [-0.3, -0.25) is 0 Å². The molecule has 0 aliphatic heterocycles. The fourth-order valence-corrected chi connectivity index (χ4v) is 3.23. The van der Waals surface area contributed by atoms with E-state index in [4.69, 9.17) is 0 Å². The van der Waals surface area contributed by atoms with Gasteiger partial charge in [0.15, 0.2) is 0 Å². The van der Waals surface area contributed by atoms with Crippen molar-refractivity contribution in [2.75, 3.05) is 0 Å². The van der Waals surface area contributed by atoms with Gasteiger partial charge in [0.05, 0.1) is 0 Å². The Morgan fingerprint density at radius 3 is 1.78 bits per heavy atom. The maximum Gasteiger partial charge on any atom is 0.123 e. The van der Waals surface area contributed by atoms with Crippen molar-refractivity contribution in [3.05, 3.63) is 114 Å². The van der Waals surface area contributed by atoms with Gasteiger partial charge in [0.25, 0.3) is 0 Å². The normalized spacial score (nSPS) is 13.3. The number of halogens is 1. The van der Waals surface area contributed by atoms with Crippen LogP contribution in [0.25, 0.3) is 16.7 Å². The molecule has 0 radical (unpaired) electrons. The average molecular weight is 298 g/mol. The molecule has 0 aromatic heterocycles. The van der Waals surface area contributed by atoms with Gasteiger partial charge in [-0.05, 0) is 51.1 Å². The van der Waals surface area contributed by atoms with Crippen LogP contribution in [0.2, 0.25) is 0 Å². The molecule has 0 unspecified atom stereocenters. The Morgan fingerprint density at radius 1 is 0.609 bits per heavy atom. The predicted octanol–water partition coefficient (Wildman–Crippen LogP) is 5.81. The van der Waals surface area contributed by atoms with Crippen molar-refractivity contribution in [1.29, 1.82) is 0 Å². The SMILES string of the molecule is C=C1C(c2ccccc2)=C(c2ccccc2)c2cc(F)ccc21. The van der Waals surface area contributed by atoms with Crippen molar-refractivity contribution < 1.29 is 4.39 Å². The van der Waals surface area contributed by atoms with Crippen LogP contribution in [0.4, 0.5) is 4.39 Å². The molecule has 0 N–H and O–H groups in total. The molecular formula is C22H15F. The Balaban J connectivity index is 2.06. The quantitative estimate of drug-likeness (QED) is 0.560. The fourth-order valence-electron chi connectivity index (χ4n) is 3.23. The number of rotatable bonds is 2. The van der Waals surface area contributed by atoms with Gasteiger partial charge in [-0.2, -0.15) is 0 Å². The van der Waals surface area contributed by atoms with Crippen molar-refractivity contribution in [2.45, 2.75) is 0 Å². The third-order valence-electron chi connectivity index (χ3n) is 4.25. The second kappa shape index (κ2) is 5.36. The average Bonchev–Trinajstić information content (AvgIpc) is 2.88. The summed E-state index contributed by atoms with van der Waals surface area (Å²) < 4.78 is 13.9. The topological polar surface area (TPSA) is 0 Å². The summed E-state index contributed by atoms with van der Waals surface area (Å²) in [7, 11) is 0. The van der Waals surface area contributed by atoms with Crippen LogP contribution in [0.5, 0.6) is 0 Å². The summed E-state index contributed by atoms with van der Waals surface area (Å²) in [6.45, 7) is 4.28. The van der Waals surface area contributed by atoms with E-state index < -0.39 is 0 Å². The molecule has 0 atom stereocenters. The van der Waals surface area contributed by atoms with Crippen LogP contribution in [0.3, 0.4) is 0 Å². The molecule has 4 rings (SSSR count). The zero-order chi connectivity index (χ0) is 15.8. The summed E-state index contributed by atoms with van der Waals surface area (Å²) in [5.74, 6) is -0.223. The van der Waals surface area contributed by atoms with Gasteiger partial charge >= 0.3 is 0 Å². The fraction of sp³-hybridized carbons (Fsp3) is 0. The molecule has 23 heavy (non-hydrogen) atoms. The van der Waals surface area contributed by atoms with E-state index in [9.17, 15) is 4.39 Å². The molecule has 0 fully saturated rings. The summed E-state index contributed by atoms with van der Waals surface area (Å²) in [6, 6.07) is 25.2. The second-order valence-corrected chi connectivity index (χ2v) is 5.65. The van der Waals surface area contributed by atoms with Crippen LogP contribution in [0.1, 0.15) is 22.3 Å². The predicted molar refractivity (Wildman–Crippen MR) is 94.2 cm³/mol.